The lowest BCUT2D eigenvalue weighted by Crippen LogP contribution is -2.17. The van der Waals surface area contributed by atoms with Crippen molar-refractivity contribution in [1.29, 1.82) is 0 Å². The number of pyridine rings is 1. The number of aryl methyl sites for hydroxylation is 1. The quantitative estimate of drug-likeness (QED) is 0.735. The molecule has 1 aliphatic heterocycles. The molecule has 0 aliphatic carbocycles. The molecule has 0 bridgehead atoms. The Morgan fingerprint density at radius 3 is 2.93 bits per heavy atom. The second-order valence-electron chi connectivity index (χ2n) is 4.11. The van der Waals surface area contributed by atoms with E-state index in [-0.39, 0.29) is 0 Å². The van der Waals surface area contributed by atoms with Gasteiger partial charge in [-0.25, -0.2) is 4.98 Å². The molecule has 0 unspecified atom stereocenters. The molecule has 3 nitrogen and oxygen atoms in total. The minimum Gasteiger partial charge on any atom is -0.383 e. The molecular weight excluding hydrogens is 174 g/mol. The molecule has 0 radical (unpaired) electrons. The minimum atomic E-state index is 0.543. The van der Waals surface area contributed by atoms with E-state index in [0.717, 1.165) is 5.56 Å². The fraction of sp³-hybridized carbons (Fsp3) is 0.545. The van der Waals surface area contributed by atoms with Crippen LogP contribution in [0.4, 0.5) is 5.82 Å². The SMILES string of the molecule is Cc1cc([C@H]2CCCN2C)cnc1N. The van der Waals surface area contributed by atoms with Gasteiger partial charge in [-0.15, -0.1) is 0 Å². The van der Waals surface area contributed by atoms with E-state index in [4.69, 9.17) is 5.73 Å². The van der Waals surface area contributed by atoms with Gasteiger partial charge < -0.3 is 5.73 Å². The normalized spacial score (nSPS) is 22.9. The van der Waals surface area contributed by atoms with Crippen LogP contribution in [0.5, 0.6) is 0 Å². The van der Waals surface area contributed by atoms with Crippen LogP contribution in [0.3, 0.4) is 0 Å². The number of aromatic nitrogens is 1. The van der Waals surface area contributed by atoms with Crippen LogP contribution in [0.15, 0.2) is 12.3 Å². The van der Waals surface area contributed by atoms with Gasteiger partial charge in [0.05, 0.1) is 0 Å². The van der Waals surface area contributed by atoms with Crippen molar-refractivity contribution in [2.75, 3.05) is 19.3 Å². The van der Waals surface area contributed by atoms with Crippen molar-refractivity contribution in [3.8, 4) is 0 Å². The molecular formula is C11H17N3. The van der Waals surface area contributed by atoms with Gasteiger partial charge in [-0.2, -0.15) is 0 Å². The third kappa shape index (κ3) is 1.60. The molecule has 2 heterocycles. The molecule has 1 aromatic heterocycles. The fourth-order valence-corrected chi connectivity index (χ4v) is 2.12. The van der Waals surface area contributed by atoms with Crippen molar-refractivity contribution >= 4 is 5.82 Å². The van der Waals surface area contributed by atoms with Gasteiger partial charge in [0.25, 0.3) is 0 Å². The van der Waals surface area contributed by atoms with E-state index in [0.29, 0.717) is 11.9 Å². The van der Waals surface area contributed by atoms with Crippen LogP contribution in [-0.4, -0.2) is 23.5 Å². The number of hydrogen-bond acceptors (Lipinski definition) is 3. The standard InChI is InChI=1S/C11H17N3/c1-8-6-9(7-13-11(8)12)10-4-3-5-14(10)2/h6-7,10H,3-5H2,1-2H3,(H2,12,13)/t10-/m1/s1. The predicted molar refractivity (Wildman–Crippen MR) is 58.0 cm³/mol. The van der Waals surface area contributed by atoms with Crippen LogP contribution in [0.1, 0.15) is 30.0 Å². The second-order valence-corrected chi connectivity index (χ2v) is 4.11. The molecule has 2 N–H and O–H groups in total. The van der Waals surface area contributed by atoms with Gasteiger partial charge in [0.15, 0.2) is 0 Å². The number of rotatable bonds is 1. The lowest BCUT2D eigenvalue weighted by molar-refractivity contribution is 0.317. The zero-order valence-electron chi connectivity index (χ0n) is 8.83. The number of nitrogens with two attached hydrogens (primary N) is 1. The summed E-state index contributed by atoms with van der Waals surface area (Å²) in [5, 5.41) is 0. The lowest BCUT2D eigenvalue weighted by atomic mass is 10.1. The zero-order valence-corrected chi connectivity index (χ0v) is 8.83. The van der Waals surface area contributed by atoms with Gasteiger partial charge >= 0.3 is 0 Å². The molecule has 1 aromatic rings. The van der Waals surface area contributed by atoms with E-state index in [1.54, 1.807) is 0 Å². The summed E-state index contributed by atoms with van der Waals surface area (Å²) in [6.07, 6.45) is 4.43. The number of nitrogen functional groups attached to an aromatic ring is 1. The van der Waals surface area contributed by atoms with Crippen LogP contribution in [-0.2, 0) is 0 Å². The largest absolute Gasteiger partial charge is 0.383 e. The molecule has 3 heteroatoms. The van der Waals surface area contributed by atoms with E-state index >= 15 is 0 Å². The van der Waals surface area contributed by atoms with Gasteiger partial charge in [0.2, 0.25) is 0 Å². The van der Waals surface area contributed by atoms with E-state index in [1.807, 2.05) is 13.1 Å². The first kappa shape index (κ1) is 9.46. The summed E-state index contributed by atoms with van der Waals surface area (Å²) in [4.78, 5) is 6.59. The van der Waals surface area contributed by atoms with Crippen molar-refractivity contribution in [1.82, 2.24) is 9.88 Å². The first-order valence-corrected chi connectivity index (χ1v) is 5.11. The van der Waals surface area contributed by atoms with Gasteiger partial charge in [0.1, 0.15) is 5.82 Å². The van der Waals surface area contributed by atoms with Crippen LogP contribution in [0, 0.1) is 6.92 Å². The first-order valence-electron chi connectivity index (χ1n) is 5.11. The molecule has 0 amide bonds. The summed E-state index contributed by atoms with van der Waals surface area (Å²) in [6, 6.07) is 2.70. The van der Waals surface area contributed by atoms with E-state index < -0.39 is 0 Å². The third-order valence-electron chi connectivity index (χ3n) is 3.05. The smallest absolute Gasteiger partial charge is 0.126 e. The maximum Gasteiger partial charge on any atom is 0.126 e. The van der Waals surface area contributed by atoms with Gasteiger partial charge in [0, 0.05) is 12.2 Å². The molecule has 0 saturated carbocycles. The number of nitrogens with zero attached hydrogens (tertiary/aromatic N) is 2. The molecule has 1 fully saturated rings. The molecule has 0 spiro atoms. The molecule has 76 valence electrons. The van der Waals surface area contributed by atoms with E-state index in [2.05, 4.69) is 23.0 Å². The Kier molecular flexibility index (Phi) is 2.42. The monoisotopic (exact) mass is 191 g/mol. The summed E-state index contributed by atoms with van der Waals surface area (Å²) < 4.78 is 0. The van der Waals surface area contributed by atoms with Gasteiger partial charge in [-0.05, 0) is 50.6 Å². The first-order chi connectivity index (χ1) is 6.68. The fourth-order valence-electron chi connectivity index (χ4n) is 2.12. The minimum absolute atomic E-state index is 0.543. The Bertz CT molecular complexity index is 335. The van der Waals surface area contributed by atoms with Crippen LogP contribution in [0.25, 0.3) is 0 Å². The number of likely N-dealkylation sites (tertiary alicyclic amines) is 1. The van der Waals surface area contributed by atoms with Crippen LogP contribution < -0.4 is 5.73 Å². The predicted octanol–water partition coefficient (Wildman–Crippen LogP) is 1.74. The molecule has 1 aliphatic rings. The van der Waals surface area contributed by atoms with Crippen molar-refractivity contribution in [3.05, 3.63) is 23.4 Å². The Labute approximate surface area is 84.9 Å². The third-order valence-corrected chi connectivity index (χ3v) is 3.05. The molecule has 1 saturated heterocycles. The van der Waals surface area contributed by atoms with Crippen molar-refractivity contribution in [2.24, 2.45) is 0 Å². The molecule has 14 heavy (non-hydrogen) atoms. The summed E-state index contributed by atoms with van der Waals surface area (Å²) >= 11 is 0. The summed E-state index contributed by atoms with van der Waals surface area (Å²) in [7, 11) is 2.17. The Hall–Kier alpha value is -1.09. The van der Waals surface area contributed by atoms with Crippen molar-refractivity contribution in [2.45, 2.75) is 25.8 Å². The Morgan fingerprint density at radius 2 is 2.36 bits per heavy atom. The topological polar surface area (TPSA) is 42.2 Å². The average molecular weight is 191 g/mol. The maximum atomic E-state index is 5.70. The molecule has 0 aromatic carbocycles. The summed E-state index contributed by atoms with van der Waals surface area (Å²) in [5.41, 5.74) is 8.09. The zero-order chi connectivity index (χ0) is 10.1. The van der Waals surface area contributed by atoms with Crippen LogP contribution >= 0.6 is 0 Å². The summed E-state index contributed by atoms with van der Waals surface area (Å²) in [5.74, 6) is 0.648. The summed E-state index contributed by atoms with van der Waals surface area (Å²) in [6.45, 7) is 3.20. The highest BCUT2D eigenvalue weighted by molar-refractivity contribution is 5.40. The van der Waals surface area contributed by atoms with Gasteiger partial charge in [-0.3, -0.25) is 4.90 Å². The van der Waals surface area contributed by atoms with E-state index in [1.165, 1.54) is 24.9 Å². The molecule has 2 rings (SSSR count). The van der Waals surface area contributed by atoms with Gasteiger partial charge in [-0.1, -0.05) is 0 Å². The van der Waals surface area contributed by atoms with E-state index in [9.17, 15) is 0 Å². The van der Waals surface area contributed by atoms with Crippen LogP contribution in [0.2, 0.25) is 0 Å². The Balaban J connectivity index is 2.28. The number of anilines is 1. The van der Waals surface area contributed by atoms with Crippen molar-refractivity contribution < 1.29 is 0 Å². The second kappa shape index (κ2) is 3.58. The highest BCUT2D eigenvalue weighted by atomic mass is 15.1. The maximum absolute atomic E-state index is 5.70. The highest BCUT2D eigenvalue weighted by Gasteiger charge is 2.22. The molecule has 1 atom stereocenters. The van der Waals surface area contributed by atoms with Crippen molar-refractivity contribution in [3.63, 3.8) is 0 Å². The Morgan fingerprint density at radius 1 is 1.57 bits per heavy atom. The lowest BCUT2D eigenvalue weighted by Gasteiger charge is -2.19. The number of hydrogen-bond donors (Lipinski definition) is 1. The average Bonchev–Trinajstić information content (AvgIpc) is 2.57. The highest BCUT2D eigenvalue weighted by Crippen LogP contribution is 2.30.